The number of hydrogen-bond donors (Lipinski definition) is 2. The molecule has 0 aliphatic carbocycles. The summed E-state index contributed by atoms with van der Waals surface area (Å²) in [6, 6.07) is -0.833. The number of carbonyl (C=O) groups excluding carboxylic acids is 1. The molecule has 0 saturated carbocycles. The van der Waals surface area contributed by atoms with E-state index in [1.807, 2.05) is 0 Å². The number of amides is 2. The van der Waals surface area contributed by atoms with E-state index in [0.717, 1.165) is 0 Å². The quantitative estimate of drug-likeness (QED) is 0.560. The maximum absolute atomic E-state index is 9.00. The van der Waals surface area contributed by atoms with Crippen molar-refractivity contribution < 1.29 is 4.79 Å². The maximum atomic E-state index is 9.00. The van der Waals surface area contributed by atoms with Crippen LogP contribution in [0, 0.1) is 0 Å². The van der Waals surface area contributed by atoms with Gasteiger partial charge in [-0.3, -0.25) is 0 Å². The summed E-state index contributed by atoms with van der Waals surface area (Å²) in [4.78, 5) is 9.00. The second-order valence-corrected chi connectivity index (χ2v) is 0.402. The molecule has 2 radical (unpaired) electrons. The summed E-state index contributed by atoms with van der Waals surface area (Å²) in [6.07, 6.45) is 0. The van der Waals surface area contributed by atoms with Gasteiger partial charge >= 0.3 is 6.03 Å². The Balaban J connectivity index is 0. The molecule has 0 heterocycles. The van der Waals surface area contributed by atoms with Crippen molar-refractivity contribution in [3.8, 4) is 0 Å². The monoisotopic (exact) mass is 269 g/mol. The molecule has 0 bridgehead atoms. The number of nitrogens with two attached hydrogens (primary N) is 2. The van der Waals surface area contributed by atoms with E-state index < -0.39 is 6.03 Å². The van der Waals surface area contributed by atoms with Gasteiger partial charge < -0.3 is 11.5 Å². The summed E-state index contributed by atoms with van der Waals surface area (Å²) in [5, 5.41) is 0. The normalized spacial score (nSPS) is 4.80. The average molecular weight is 269 g/mol. The van der Waals surface area contributed by atoms with E-state index in [0.29, 0.717) is 0 Å². The number of urea groups is 1. The summed E-state index contributed by atoms with van der Waals surface area (Å²) < 4.78 is 0. The molecule has 4 heteroatoms. The smallest absolute Gasteiger partial charge is 0.309 e. The van der Waals surface area contributed by atoms with Gasteiger partial charge in [0.25, 0.3) is 0 Å². The molecule has 3 nitrogen and oxygen atoms in total. The Labute approximate surface area is 49.2 Å². The predicted molar refractivity (Wildman–Crippen MR) is 19.5 cm³/mol. The maximum Gasteiger partial charge on any atom is 0.309 e. The van der Waals surface area contributed by atoms with E-state index in [-0.39, 0.29) is 26.6 Å². The first-order chi connectivity index (χ1) is 1.73. The number of primary amides is 2. The van der Waals surface area contributed by atoms with Gasteiger partial charge in [0.05, 0.1) is 0 Å². The van der Waals surface area contributed by atoms with Crippen molar-refractivity contribution >= 4 is 32.6 Å². The van der Waals surface area contributed by atoms with E-state index in [2.05, 4.69) is 11.5 Å². The minimum absolute atomic E-state index is 0. The minimum atomic E-state index is -0.833. The predicted octanol–water partition coefficient (Wildman–Crippen LogP) is -1.36. The summed E-state index contributed by atoms with van der Waals surface area (Å²) in [6.45, 7) is 0. The van der Waals surface area contributed by atoms with Gasteiger partial charge in [0, 0.05) is 26.6 Å². The van der Waals surface area contributed by atoms with Gasteiger partial charge in [0.2, 0.25) is 0 Å². The van der Waals surface area contributed by atoms with Crippen LogP contribution in [0.3, 0.4) is 0 Å². The van der Waals surface area contributed by atoms with Crippen LogP contribution in [0.15, 0.2) is 0 Å². The molecule has 30 valence electrons. The molecular formula is CH4N2OPo. The Morgan fingerprint density at radius 3 is 1.40 bits per heavy atom. The van der Waals surface area contributed by atoms with Gasteiger partial charge in [-0.1, -0.05) is 0 Å². The fraction of sp³-hybridized carbons (Fsp3) is 0. The Morgan fingerprint density at radius 1 is 1.40 bits per heavy atom. The SMILES string of the molecule is NC(N)=O.[Po]. The molecule has 0 rings (SSSR count). The standard InChI is InChI=1S/CH4N2O.Po/c2-1(3)4;/h(H4,2,3,4);. The third kappa shape index (κ3) is 708. The zero-order chi connectivity index (χ0) is 3.58. The van der Waals surface area contributed by atoms with E-state index >= 15 is 0 Å². The Bertz CT molecular complexity index is 32.6. The molecule has 0 spiro atoms. The molecule has 4 N–H and O–H groups in total. The Kier molecular flexibility index (Phi) is 7.45. The summed E-state index contributed by atoms with van der Waals surface area (Å²) in [5.41, 5.74) is 8.50. The van der Waals surface area contributed by atoms with Crippen LogP contribution >= 0.6 is 0 Å². The molecule has 0 aliphatic rings. The van der Waals surface area contributed by atoms with Crippen LogP contribution in [-0.2, 0) is 0 Å². The van der Waals surface area contributed by atoms with Crippen molar-refractivity contribution in [1.82, 2.24) is 0 Å². The molecule has 0 unspecified atom stereocenters. The summed E-state index contributed by atoms with van der Waals surface area (Å²) in [7, 11) is 0. The first-order valence-electron chi connectivity index (χ1n) is 0.781. The van der Waals surface area contributed by atoms with Gasteiger partial charge in [0.15, 0.2) is 0 Å². The fourth-order valence-corrected chi connectivity index (χ4v) is 0. The van der Waals surface area contributed by atoms with Crippen molar-refractivity contribution in [3.63, 3.8) is 0 Å². The third-order valence-corrected chi connectivity index (χ3v) is 0. The zero-order valence-corrected chi connectivity index (χ0v) is 5.65. The third-order valence-electron chi connectivity index (χ3n) is 0. The molecular weight excluding hydrogens is 265 g/mol. The second kappa shape index (κ2) is 4.17. The van der Waals surface area contributed by atoms with Crippen LogP contribution in [0.1, 0.15) is 0 Å². The number of hydrogen-bond acceptors (Lipinski definition) is 1. The van der Waals surface area contributed by atoms with Crippen LogP contribution in [0.25, 0.3) is 0 Å². The van der Waals surface area contributed by atoms with Gasteiger partial charge in [-0.2, -0.15) is 0 Å². The summed E-state index contributed by atoms with van der Waals surface area (Å²) >= 11 is 0. The van der Waals surface area contributed by atoms with E-state index in [1.54, 1.807) is 0 Å². The van der Waals surface area contributed by atoms with Crippen LogP contribution < -0.4 is 11.5 Å². The van der Waals surface area contributed by atoms with Crippen molar-refractivity contribution in [2.75, 3.05) is 0 Å². The first kappa shape index (κ1) is 8.94. The number of rotatable bonds is 0. The molecule has 0 atom stereocenters. The zero-order valence-electron chi connectivity index (χ0n) is 2.47. The first-order valence-corrected chi connectivity index (χ1v) is 0.781. The molecule has 0 aromatic rings. The van der Waals surface area contributed by atoms with E-state index in [1.165, 1.54) is 0 Å². The van der Waals surface area contributed by atoms with Crippen LogP contribution in [-0.4, -0.2) is 32.6 Å². The van der Waals surface area contributed by atoms with Gasteiger partial charge in [0.1, 0.15) is 0 Å². The van der Waals surface area contributed by atoms with Crippen LogP contribution in [0.5, 0.6) is 0 Å². The van der Waals surface area contributed by atoms with Crippen molar-refractivity contribution in [1.29, 1.82) is 0 Å². The molecule has 5 heavy (non-hydrogen) atoms. The second-order valence-electron chi connectivity index (χ2n) is 0.402. The average Bonchev–Trinajstić information content (AvgIpc) is 0.811. The molecule has 0 saturated heterocycles. The fourth-order valence-electron chi connectivity index (χ4n) is 0. The van der Waals surface area contributed by atoms with Crippen molar-refractivity contribution in [3.05, 3.63) is 0 Å². The largest absolute Gasteiger partial charge is 0.352 e. The molecule has 0 aliphatic heterocycles. The van der Waals surface area contributed by atoms with E-state index in [9.17, 15) is 0 Å². The van der Waals surface area contributed by atoms with Crippen molar-refractivity contribution in [2.24, 2.45) is 11.5 Å². The minimum Gasteiger partial charge on any atom is -0.352 e. The molecule has 0 fully saturated rings. The molecule has 0 aromatic heterocycles. The van der Waals surface area contributed by atoms with Crippen LogP contribution in [0.2, 0.25) is 0 Å². The Morgan fingerprint density at radius 2 is 1.40 bits per heavy atom. The van der Waals surface area contributed by atoms with Gasteiger partial charge in [-0.25, -0.2) is 4.79 Å². The van der Waals surface area contributed by atoms with Gasteiger partial charge in [-0.15, -0.1) is 0 Å². The topological polar surface area (TPSA) is 69.1 Å². The summed E-state index contributed by atoms with van der Waals surface area (Å²) in [5.74, 6) is 0. The Hall–Kier alpha value is 0.166. The van der Waals surface area contributed by atoms with Gasteiger partial charge in [-0.05, 0) is 0 Å². The van der Waals surface area contributed by atoms with Crippen molar-refractivity contribution in [2.45, 2.75) is 0 Å². The van der Waals surface area contributed by atoms with Crippen LogP contribution in [0.4, 0.5) is 4.79 Å². The van der Waals surface area contributed by atoms with E-state index in [4.69, 9.17) is 4.79 Å². The number of carbonyl (C=O) groups is 1. The molecule has 2 amide bonds. The molecule has 0 aromatic carbocycles.